The monoisotopic (exact) mass is 276 g/mol. The van der Waals surface area contributed by atoms with Crippen LogP contribution in [0.15, 0.2) is 15.4 Å². The molecular formula is C14H16N2O4. The van der Waals surface area contributed by atoms with Gasteiger partial charge in [0.2, 0.25) is 11.8 Å². The molecule has 6 nitrogen and oxygen atoms in total. The van der Waals surface area contributed by atoms with Crippen LogP contribution in [0.1, 0.15) is 38.5 Å². The molecule has 1 aliphatic carbocycles. The molecule has 2 heterocycles. The number of oxazole rings is 2. The summed E-state index contributed by atoms with van der Waals surface area (Å²) in [6, 6.07) is 0. The molecule has 1 saturated carbocycles. The van der Waals surface area contributed by atoms with Gasteiger partial charge in [0.25, 0.3) is 11.4 Å². The van der Waals surface area contributed by atoms with Crippen molar-refractivity contribution >= 4 is 23.5 Å². The second-order valence-corrected chi connectivity index (χ2v) is 5.46. The van der Waals surface area contributed by atoms with Crippen molar-refractivity contribution in [2.24, 2.45) is 5.92 Å². The van der Waals surface area contributed by atoms with Crippen LogP contribution in [-0.4, -0.2) is 22.5 Å². The quantitative estimate of drug-likeness (QED) is 0.781. The lowest BCUT2D eigenvalue weighted by Gasteiger charge is -2.12. The number of carbonyl (C=O) groups is 1. The number of nitrogens with zero attached hydrogens (tertiary/aromatic N) is 2. The Labute approximate surface area is 115 Å². The first-order valence-electron chi connectivity index (χ1n) is 6.62. The molecular weight excluding hydrogens is 260 g/mol. The number of hydrogen-bond donors (Lipinski definition) is 0. The van der Waals surface area contributed by atoms with Gasteiger partial charge >= 0.3 is 5.97 Å². The summed E-state index contributed by atoms with van der Waals surface area (Å²) in [4.78, 5) is 20.4. The van der Waals surface area contributed by atoms with Crippen molar-refractivity contribution in [3.05, 3.63) is 18.4 Å². The van der Waals surface area contributed by atoms with E-state index in [1.54, 1.807) is 0 Å². The van der Waals surface area contributed by atoms with Gasteiger partial charge in [0.15, 0.2) is 0 Å². The van der Waals surface area contributed by atoms with Crippen LogP contribution in [-0.2, 0) is 14.9 Å². The summed E-state index contributed by atoms with van der Waals surface area (Å²) in [5.74, 6) is 0.708. The van der Waals surface area contributed by atoms with Crippen molar-refractivity contribution < 1.29 is 18.4 Å². The summed E-state index contributed by atoms with van der Waals surface area (Å²) in [6.07, 6.45) is 2.84. The standard InChI is InChI=1S/C14H16N2O4/c1-4-9-15-10-11(19-9)16-12(20-10)14(5-6-14)13(17)18-7-8(2)3/h4,8H,1,5-7H2,2-3H3. The van der Waals surface area contributed by atoms with Crippen LogP contribution in [0.2, 0.25) is 0 Å². The Bertz CT molecular complexity index is 632. The molecule has 1 fully saturated rings. The molecule has 6 heteroatoms. The van der Waals surface area contributed by atoms with E-state index in [1.807, 2.05) is 13.8 Å². The summed E-state index contributed by atoms with van der Waals surface area (Å²) in [6.45, 7) is 7.94. The van der Waals surface area contributed by atoms with Gasteiger partial charge < -0.3 is 13.6 Å². The van der Waals surface area contributed by atoms with Crippen molar-refractivity contribution in [3.8, 4) is 0 Å². The van der Waals surface area contributed by atoms with Crippen LogP contribution in [0.3, 0.4) is 0 Å². The van der Waals surface area contributed by atoms with Crippen LogP contribution in [0.25, 0.3) is 17.5 Å². The van der Waals surface area contributed by atoms with Crippen LogP contribution < -0.4 is 0 Å². The molecule has 0 saturated heterocycles. The minimum Gasteiger partial charge on any atom is -0.465 e. The van der Waals surface area contributed by atoms with Crippen LogP contribution in [0.4, 0.5) is 0 Å². The SMILES string of the molecule is C=Cc1nc2oc(C3(C(=O)OCC(C)C)CC3)nc2o1. The van der Waals surface area contributed by atoms with Gasteiger partial charge in [0.1, 0.15) is 5.41 Å². The summed E-state index contributed by atoms with van der Waals surface area (Å²) in [5, 5.41) is 0. The lowest BCUT2D eigenvalue weighted by Crippen LogP contribution is -2.25. The maximum absolute atomic E-state index is 12.2. The van der Waals surface area contributed by atoms with Crippen LogP contribution in [0, 0.1) is 5.92 Å². The lowest BCUT2D eigenvalue weighted by molar-refractivity contribution is -0.148. The van der Waals surface area contributed by atoms with Gasteiger partial charge in [-0.3, -0.25) is 4.79 Å². The van der Waals surface area contributed by atoms with E-state index in [-0.39, 0.29) is 17.4 Å². The average Bonchev–Trinajstić information content (AvgIpc) is 2.98. The summed E-state index contributed by atoms with van der Waals surface area (Å²) in [5.41, 5.74) is -0.164. The van der Waals surface area contributed by atoms with Gasteiger partial charge in [-0.05, 0) is 24.8 Å². The fraction of sp³-hybridized carbons (Fsp3) is 0.500. The zero-order valence-corrected chi connectivity index (χ0v) is 11.5. The Balaban J connectivity index is 1.84. The summed E-state index contributed by atoms with van der Waals surface area (Å²) in [7, 11) is 0. The van der Waals surface area contributed by atoms with E-state index in [9.17, 15) is 4.79 Å². The Morgan fingerprint density at radius 1 is 1.40 bits per heavy atom. The molecule has 0 spiro atoms. The topological polar surface area (TPSA) is 78.4 Å². The second-order valence-electron chi connectivity index (χ2n) is 5.46. The zero-order valence-electron chi connectivity index (χ0n) is 11.5. The van der Waals surface area contributed by atoms with E-state index in [0.717, 1.165) is 0 Å². The van der Waals surface area contributed by atoms with E-state index in [2.05, 4.69) is 16.5 Å². The largest absolute Gasteiger partial charge is 0.465 e. The highest BCUT2D eigenvalue weighted by Crippen LogP contribution is 2.49. The highest BCUT2D eigenvalue weighted by molar-refractivity contribution is 5.85. The number of aromatic nitrogens is 2. The minimum atomic E-state index is -0.744. The Morgan fingerprint density at radius 2 is 2.10 bits per heavy atom. The molecule has 0 aliphatic heterocycles. The molecule has 0 aromatic carbocycles. The van der Waals surface area contributed by atoms with E-state index in [0.29, 0.717) is 37.1 Å². The van der Waals surface area contributed by atoms with Gasteiger partial charge in [-0.1, -0.05) is 20.4 Å². The van der Waals surface area contributed by atoms with E-state index >= 15 is 0 Å². The third-order valence-corrected chi connectivity index (χ3v) is 3.26. The number of ether oxygens (including phenoxy) is 1. The molecule has 0 unspecified atom stereocenters. The lowest BCUT2D eigenvalue weighted by atomic mass is 10.1. The predicted octanol–water partition coefficient (Wildman–Crippen LogP) is 2.69. The Hall–Kier alpha value is -2.11. The molecule has 0 radical (unpaired) electrons. The highest BCUT2D eigenvalue weighted by atomic mass is 16.5. The van der Waals surface area contributed by atoms with Crippen molar-refractivity contribution in [1.82, 2.24) is 9.97 Å². The molecule has 2 aromatic rings. The number of rotatable bonds is 5. The van der Waals surface area contributed by atoms with Gasteiger partial charge in [-0.25, -0.2) is 0 Å². The highest BCUT2D eigenvalue weighted by Gasteiger charge is 2.57. The number of carbonyl (C=O) groups excluding carboxylic acids is 1. The first kappa shape index (κ1) is 12.9. The second kappa shape index (κ2) is 4.47. The molecule has 0 bridgehead atoms. The normalized spacial score (nSPS) is 16.6. The number of esters is 1. The molecule has 2 aromatic heterocycles. The maximum Gasteiger partial charge on any atom is 0.321 e. The van der Waals surface area contributed by atoms with Gasteiger partial charge in [0, 0.05) is 0 Å². The van der Waals surface area contributed by atoms with Crippen molar-refractivity contribution in [2.45, 2.75) is 32.1 Å². The molecule has 3 rings (SSSR count). The van der Waals surface area contributed by atoms with Crippen molar-refractivity contribution in [1.29, 1.82) is 0 Å². The van der Waals surface area contributed by atoms with Crippen LogP contribution in [0.5, 0.6) is 0 Å². The molecule has 106 valence electrons. The first-order chi connectivity index (χ1) is 9.55. The van der Waals surface area contributed by atoms with E-state index in [1.165, 1.54) is 6.08 Å². The summed E-state index contributed by atoms with van der Waals surface area (Å²) >= 11 is 0. The smallest absolute Gasteiger partial charge is 0.321 e. The Kier molecular flexibility index (Phi) is 2.88. The Morgan fingerprint density at radius 3 is 2.65 bits per heavy atom. The molecule has 0 amide bonds. The molecule has 0 atom stereocenters. The molecule has 1 aliphatic rings. The number of fused-ring (bicyclic) bond motifs is 1. The number of hydrogen-bond acceptors (Lipinski definition) is 6. The summed E-state index contributed by atoms with van der Waals surface area (Å²) < 4.78 is 16.2. The maximum atomic E-state index is 12.2. The third-order valence-electron chi connectivity index (χ3n) is 3.26. The predicted molar refractivity (Wildman–Crippen MR) is 70.9 cm³/mol. The minimum absolute atomic E-state index is 0.279. The van der Waals surface area contributed by atoms with Crippen LogP contribution >= 0.6 is 0 Å². The fourth-order valence-electron chi connectivity index (χ4n) is 1.96. The van der Waals surface area contributed by atoms with Gasteiger partial charge in [-0.2, -0.15) is 9.97 Å². The average molecular weight is 276 g/mol. The van der Waals surface area contributed by atoms with Crippen molar-refractivity contribution in [2.75, 3.05) is 6.61 Å². The van der Waals surface area contributed by atoms with Crippen molar-refractivity contribution in [3.63, 3.8) is 0 Å². The van der Waals surface area contributed by atoms with Gasteiger partial charge in [-0.15, -0.1) is 0 Å². The van der Waals surface area contributed by atoms with E-state index < -0.39 is 5.41 Å². The molecule has 20 heavy (non-hydrogen) atoms. The molecule has 0 N–H and O–H groups in total. The zero-order chi connectivity index (χ0) is 14.3. The first-order valence-corrected chi connectivity index (χ1v) is 6.62. The fourth-order valence-corrected chi connectivity index (χ4v) is 1.96. The van der Waals surface area contributed by atoms with Gasteiger partial charge in [0.05, 0.1) is 6.61 Å². The van der Waals surface area contributed by atoms with E-state index in [4.69, 9.17) is 13.6 Å². The third kappa shape index (κ3) is 2.01.